The smallest absolute Gasteiger partial charge is 0.317 e. The van der Waals surface area contributed by atoms with Crippen LogP contribution in [0.15, 0.2) is 0 Å². The molecule has 0 bridgehead atoms. The van der Waals surface area contributed by atoms with Crippen LogP contribution < -0.4 is 11.1 Å². The topological polar surface area (TPSA) is 75.3 Å². The Kier molecular flexibility index (Phi) is 3.14. The first-order valence-electron chi connectivity index (χ1n) is 2.33. The van der Waals surface area contributed by atoms with E-state index in [2.05, 4.69) is 5.32 Å². The molecule has 0 heterocycles. The van der Waals surface area contributed by atoms with Gasteiger partial charge in [0.05, 0.1) is 12.7 Å². The van der Waals surface area contributed by atoms with E-state index >= 15 is 0 Å². The van der Waals surface area contributed by atoms with Crippen LogP contribution in [0.3, 0.4) is 0 Å². The summed E-state index contributed by atoms with van der Waals surface area (Å²) in [5.74, 6) is -0.887. The van der Waals surface area contributed by atoms with E-state index in [1.165, 1.54) is 0 Å². The van der Waals surface area contributed by atoms with E-state index in [0.29, 0.717) is 0 Å². The number of hydrogen-bond acceptors (Lipinski definition) is 3. The normalized spacial score (nSPS) is 13.2. The Balaban J connectivity index is 3.05. The summed E-state index contributed by atoms with van der Waals surface area (Å²) in [5.41, 5.74) is 5.17. The molecule has 0 aromatic heterocycles. The zero-order chi connectivity index (χ0) is 6.57. The fourth-order valence-corrected chi connectivity index (χ4v) is 0.248. The zero-order valence-corrected chi connectivity index (χ0v) is 4.72. The molecule has 48 valence electrons. The number of nitrogens with two attached hydrogens (primary N) is 1. The summed E-state index contributed by atoms with van der Waals surface area (Å²) in [6.07, 6.45) is -0.244. The number of rotatable bonds is 3. The van der Waals surface area contributed by atoms with Gasteiger partial charge in [0, 0.05) is 0 Å². The molecular formula is C4H10N2O2. The molecule has 0 fully saturated rings. The summed E-state index contributed by atoms with van der Waals surface area (Å²) in [6, 6.07) is 0. The average Bonchev–Trinajstić information content (AvgIpc) is 1.61. The lowest BCUT2D eigenvalue weighted by atomic mass is 10.5. The largest absolute Gasteiger partial charge is 0.480 e. The molecule has 0 aliphatic heterocycles. The highest BCUT2D eigenvalue weighted by Gasteiger charge is 1.95. The van der Waals surface area contributed by atoms with Crippen LogP contribution in [0.1, 0.15) is 6.92 Å². The summed E-state index contributed by atoms with van der Waals surface area (Å²) >= 11 is 0. The van der Waals surface area contributed by atoms with Gasteiger partial charge in [0.2, 0.25) is 0 Å². The van der Waals surface area contributed by atoms with Gasteiger partial charge in [-0.05, 0) is 6.92 Å². The molecule has 0 aliphatic carbocycles. The van der Waals surface area contributed by atoms with Crippen molar-refractivity contribution in [3.63, 3.8) is 0 Å². The van der Waals surface area contributed by atoms with Crippen LogP contribution in [0.4, 0.5) is 0 Å². The van der Waals surface area contributed by atoms with Gasteiger partial charge >= 0.3 is 5.97 Å². The van der Waals surface area contributed by atoms with Crippen LogP contribution in [-0.4, -0.2) is 23.8 Å². The average molecular weight is 118 g/mol. The molecule has 0 spiro atoms. The van der Waals surface area contributed by atoms with Crippen molar-refractivity contribution >= 4 is 5.97 Å². The quantitative estimate of drug-likeness (QED) is 0.414. The minimum absolute atomic E-state index is 0.0718. The number of aliphatic carboxylic acids is 1. The molecule has 1 atom stereocenters. The van der Waals surface area contributed by atoms with Gasteiger partial charge in [-0.1, -0.05) is 0 Å². The van der Waals surface area contributed by atoms with E-state index in [0.717, 1.165) is 0 Å². The second-order valence-electron chi connectivity index (χ2n) is 1.56. The van der Waals surface area contributed by atoms with Crippen LogP contribution in [0.25, 0.3) is 0 Å². The van der Waals surface area contributed by atoms with Crippen LogP contribution in [0, 0.1) is 0 Å². The molecule has 1 unspecified atom stereocenters. The number of nitrogens with one attached hydrogen (secondary N) is 1. The lowest BCUT2D eigenvalue weighted by molar-refractivity contribution is -0.136. The second kappa shape index (κ2) is 3.40. The Morgan fingerprint density at radius 1 is 2.00 bits per heavy atom. The molecule has 0 amide bonds. The molecular weight excluding hydrogens is 108 g/mol. The maximum absolute atomic E-state index is 9.79. The molecule has 4 N–H and O–H groups in total. The standard InChI is InChI=1S/C4H10N2O2/c1-3(5)6-2-4(7)8/h3,6H,2,5H2,1H3,(H,7,8). The molecule has 0 aromatic carbocycles. The van der Waals surface area contributed by atoms with Crippen molar-refractivity contribution in [2.45, 2.75) is 13.1 Å². The minimum atomic E-state index is -0.887. The van der Waals surface area contributed by atoms with E-state index in [1.54, 1.807) is 6.92 Å². The highest BCUT2D eigenvalue weighted by atomic mass is 16.4. The van der Waals surface area contributed by atoms with Gasteiger partial charge in [0.15, 0.2) is 0 Å². The SMILES string of the molecule is CC(N)NCC(=O)O. The van der Waals surface area contributed by atoms with E-state index in [1.807, 2.05) is 0 Å². The van der Waals surface area contributed by atoms with Gasteiger partial charge in [-0.25, -0.2) is 0 Å². The maximum Gasteiger partial charge on any atom is 0.317 e. The predicted octanol–water partition coefficient (Wildman–Crippen LogP) is -1.03. The number of hydrogen-bond donors (Lipinski definition) is 3. The second-order valence-corrected chi connectivity index (χ2v) is 1.56. The van der Waals surface area contributed by atoms with Gasteiger partial charge < -0.3 is 10.8 Å². The van der Waals surface area contributed by atoms with Gasteiger partial charge in [0.1, 0.15) is 0 Å². The maximum atomic E-state index is 9.79. The third kappa shape index (κ3) is 5.39. The van der Waals surface area contributed by atoms with Crippen LogP contribution in [-0.2, 0) is 4.79 Å². The monoisotopic (exact) mass is 118 g/mol. The Hall–Kier alpha value is -0.610. The number of carbonyl (C=O) groups is 1. The Morgan fingerprint density at radius 2 is 2.50 bits per heavy atom. The van der Waals surface area contributed by atoms with Crippen LogP contribution in [0.5, 0.6) is 0 Å². The van der Waals surface area contributed by atoms with Crippen LogP contribution in [0.2, 0.25) is 0 Å². The minimum Gasteiger partial charge on any atom is -0.480 e. The number of carboxylic acids is 1. The molecule has 0 saturated carbocycles. The van der Waals surface area contributed by atoms with Crippen molar-refractivity contribution in [2.75, 3.05) is 6.54 Å². The first-order valence-corrected chi connectivity index (χ1v) is 2.33. The van der Waals surface area contributed by atoms with Crippen molar-refractivity contribution in [1.29, 1.82) is 0 Å². The Morgan fingerprint density at radius 3 is 2.62 bits per heavy atom. The molecule has 0 radical (unpaired) electrons. The van der Waals surface area contributed by atoms with Gasteiger partial charge in [-0.2, -0.15) is 0 Å². The first-order chi connectivity index (χ1) is 3.63. The molecule has 4 nitrogen and oxygen atoms in total. The molecule has 4 heteroatoms. The molecule has 0 saturated heterocycles. The molecule has 0 aliphatic rings. The summed E-state index contributed by atoms with van der Waals surface area (Å²) in [4.78, 5) is 9.79. The van der Waals surface area contributed by atoms with Crippen LogP contribution >= 0.6 is 0 Å². The molecule has 0 rings (SSSR count). The summed E-state index contributed by atoms with van der Waals surface area (Å²) in [7, 11) is 0. The van der Waals surface area contributed by atoms with Gasteiger partial charge in [0.25, 0.3) is 0 Å². The Bertz CT molecular complexity index is 82.1. The highest BCUT2D eigenvalue weighted by molar-refractivity contribution is 5.69. The van der Waals surface area contributed by atoms with E-state index in [4.69, 9.17) is 10.8 Å². The van der Waals surface area contributed by atoms with E-state index < -0.39 is 5.97 Å². The predicted molar refractivity (Wildman–Crippen MR) is 29.3 cm³/mol. The fraction of sp³-hybridized carbons (Fsp3) is 0.750. The zero-order valence-electron chi connectivity index (χ0n) is 4.72. The van der Waals surface area contributed by atoms with Crippen molar-refractivity contribution in [3.8, 4) is 0 Å². The van der Waals surface area contributed by atoms with Crippen molar-refractivity contribution in [2.24, 2.45) is 5.73 Å². The molecule has 0 aromatic rings. The van der Waals surface area contributed by atoms with Gasteiger partial charge in [-0.15, -0.1) is 0 Å². The summed E-state index contributed by atoms with van der Waals surface area (Å²) in [6.45, 7) is 1.61. The van der Waals surface area contributed by atoms with Crippen molar-refractivity contribution in [3.05, 3.63) is 0 Å². The lowest BCUT2D eigenvalue weighted by Gasteiger charge is -2.02. The number of carboxylic acid groups (broad SMARTS) is 1. The van der Waals surface area contributed by atoms with Gasteiger partial charge in [-0.3, -0.25) is 10.1 Å². The summed E-state index contributed by atoms with van der Waals surface area (Å²) in [5, 5.41) is 10.6. The van der Waals surface area contributed by atoms with E-state index in [9.17, 15) is 4.79 Å². The van der Waals surface area contributed by atoms with Crippen molar-refractivity contribution < 1.29 is 9.90 Å². The van der Waals surface area contributed by atoms with Crippen molar-refractivity contribution in [1.82, 2.24) is 5.32 Å². The summed E-state index contributed by atoms with van der Waals surface area (Å²) < 4.78 is 0. The third-order valence-electron chi connectivity index (χ3n) is 0.575. The fourth-order valence-electron chi connectivity index (χ4n) is 0.248. The highest BCUT2D eigenvalue weighted by Crippen LogP contribution is 1.64. The lowest BCUT2D eigenvalue weighted by Crippen LogP contribution is -2.37. The Labute approximate surface area is 47.7 Å². The molecule has 8 heavy (non-hydrogen) atoms. The first kappa shape index (κ1) is 7.39. The van der Waals surface area contributed by atoms with E-state index in [-0.39, 0.29) is 12.7 Å². The third-order valence-corrected chi connectivity index (χ3v) is 0.575.